The molecule has 52 valence electrons. The number of nitrogens with zero attached hydrogens (tertiary/aromatic N) is 1. The van der Waals surface area contributed by atoms with Crippen molar-refractivity contribution in [2.45, 2.75) is 6.92 Å². The fourth-order valence-corrected chi connectivity index (χ4v) is 0.448. The quantitative estimate of drug-likeness (QED) is 0.623. The molecule has 4 heteroatoms. The molecule has 0 unspecified atom stereocenters. The number of halogens is 2. The first-order valence-electron chi connectivity index (χ1n) is 2.79. The Morgan fingerprint density at radius 2 is 2.10 bits per heavy atom. The maximum absolute atomic E-state index is 4.95. The van der Waals surface area contributed by atoms with Gasteiger partial charge in [-0.25, -0.2) is 0 Å². The Kier molecular flexibility index (Phi) is 7.72. The summed E-state index contributed by atoms with van der Waals surface area (Å²) in [7, 11) is 9.90. The third-order valence-corrected chi connectivity index (χ3v) is 0.809. The van der Waals surface area contributed by atoms with Gasteiger partial charge in [-0.15, -0.1) is 0 Å². The number of rotatable bonds is 0. The van der Waals surface area contributed by atoms with Gasteiger partial charge in [0.2, 0.25) is 0 Å². The Hall–Kier alpha value is 0.353. The SMILES string of the molecule is Cc1cccnc1.[Cl][Zn][Cl]. The van der Waals surface area contributed by atoms with Gasteiger partial charge in [-0.05, 0) is 18.6 Å². The van der Waals surface area contributed by atoms with Crippen molar-refractivity contribution in [2.75, 3.05) is 0 Å². The van der Waals surface area contributed by atoms with Crippen LogP contribution in [0.3, 0.4) is 0 Å². The second kappa shape index (κ2) is 7.46. The molecule has 0 bridgehead atoms. The van der Waals surface area contributed by atoms with Crippen molar-refractivity contribution in [1.82, 2.24) is 4.98 Å². The van der Waals surface area contributed by atoms with E-state index in [1.807, 2.05) is 25.3 Å². The fourth-order valence-electron chi connectivity index (χ4n) is 0.448. The first-order valence-corrected chi connectivity index (χ1v) is 10.6. The number of hydrogen-bond donors (Lipinski definition) is 0. The van der Waals surface area contributed by atoms with Gasteiger partial charge >= 0.3 is 34.5 Å². The van der Waals surface area contributed by atoms with Crippen molar-refractivity contribution in [3.63, 3.8) is 0 Å². The molecule has 10 heavy (non-hydrogen) atoms. The average Bonchev–Trinajstić information content (AvgIpc) is 1.91. The molecular formula is C6H7Cl2NZn. The van der Waals surface area contributed by atoms with Crippen LogP contribution < -0.4 is 0 Å². The molecule has 0 radical (unpaired) electrons. The normalized spacial score (nSPS) is 7.10. The molecule has 0 saturated carbocycles. The maximum atomic E-state index is 4.95. The molecule has 0 aliphatic heterocycles. The van der Waals surface area contributed by atoms with Crippen molar-refractivity contribution in [3.05, 3.63) is 30.1 Å². The van der Waals surface area contributed by atoms with Crippen molar-refractivity contribution >= 4 is 19.4 Å². The van der Waals surface area contributed by atoms with Crippen molar-refractivity contribution in [1.29, 1.82) is 0 Å². The van der Waals surface area contributed by atoms with E-state index >= 15 is 0 Å². The monoisotopic (exact) mass is 227 g/mol. The van der Waals surface area contributed by atoms with Crippen molar-refractivity contribution < 1.29 is 15.1 Å². The Morgan fingerprint density at radius 3 is 2.30 bits per heavy atom. The van der Waals surface area contributed by atoms with E-state index in [-0.39, 0.29) is 0 Å². The second-order valence-electron chi connectivity index (χ2n) is 1.63. The van der Waals surface area contributed by atoms with Gasteiger partial charge in [0.25, 0.3) is 0 Å². The second-order valence-corrected chi connectivity index (χ2v) is 6.25. The van der Waals surface area contributed by atoms with Crippen LogP contribution in [0.15, 0.2) is 24.5 Å². The summed E-state index contributed by atoms with van der Waals surface area (Å²) < 4.78 is 0. The molecule has 1 rings (SSSR count). The summed E-state index contributed by atoms with van der Waals surface area (Å²) in [6.45, 7) is 2.02. The molecule has 0 N–H and O–H groups in total. The van der Waals surface area contributed by atoms with Crippen LogP contribution in [0, 0.1) is 6.92 Å². The Morgan fingerprint density at radius 1 is 1.50 bits per heavy atom. The van der Waals surface area contributed by atoms with Crippen LogP contribution in [-0.2, 0) is 15.1 Å². The minimum atomic E-state index is -0.931. The summed E-state index contributed by atoms with van der Waals surface area (Å²) in [6, 6.07) is 3.95. The van der Waals surface area contributed by atoms with E-state index in [1.54, 1.807) is 6.20 Å². The number of pyridine rings is 1. The molecule has 0 aliphatic rings. The molecule has 0 saturated heterocycles. The molecule has 1 nitrogen and oxygen atoms in total. The van der Waals surface area contributed by atoms with Crippen molar-refractivity contribution in [3.8, 4) is 0 Å². The van der Waals surface area contributed by atoms with E-state index < -0.39 is 15.1 Å². The zero-order valence-corrected chi connectivity index (χ0v) is 10.2. The number of aromatic nitrogens is 1. The summed E-state index contributed by atoms with van der Waals surface area (Å²) >= 11 is -0.931. The molecule has 1 aromatic rings. The van der Waals surface area contributed by atoms with Gasteiger partial charge in [0, 0.05) is 12.4 Å². The Labute approximate surface area is 76.4 Å². The third kappa shape index (κ3) is 6.47. The molecule has 0 aliphatic carbocycles. The summed E-state index contributed by atoms with van der Waals surface area (Å²) in [6.07, 6.45) is 3.60. The van der Waals surface area contributed by atoms with Gasteiger partial charge in [0.1, 0.15) is 0 Å². The van der Waals surface area contributed by atoms with Crippen LogP contribution in [0.1, 0.15) is 5.56 Å². The van der Waals surface area contributed by atoms with Crippen LogP contribution >= 0.6 is 19.4 Å². The molecule has 0 amide bonds. The molecule has 0 fully saturated rings. The van der Waals surface area contributed by atoms with Crippen LogP contribution in [0.2, 0.25) is 0 Å². The molecule has 0 spiro atoms. The van der Waals surface area contributed by atoms with E-state index in [0.29, 0.717) is 0 Å². The Bertz CT molecular complexity index is 157. The van der Waals surface area contributed by atoms with Gasteiger partial charge in [-0.2, -0.15) is 0 Å². The molecular weight excluding hydrogens is 222 g/mol. The van der Waals surface area contributed by atoms with Crippen LogP contribution in [-0.4, -0.2) is 4.98 Å². The topological polar surface area (TPSA) is 12.9 Å². The fraction of sp³-hybridized carbons (Fsp3) is 0.167. The summed E-state index contributed by atoms with van der Waals surface area (Å²) in [5, 5.41) is 0. The van der Waals surface area contributed by atoms with E-state index in [4.69, 9.17) is 19.4 Å². The predicted octanol–water partition coefficient (Wildman–Crippen LogP) is 2.77. The number of hydrogen-bond acceptors (Lipinski definition) is 1. The summed E-state index contributed by atoms with van der Waals surface area (Å²) in [5.74, 6) is 0. The van der Waals surface area contributed by atoms with E-state index in [1.165, 1.54) is 5.56 Å². The molecule has 0 aromatic carbocycles. The predicted molar refractivity (Wildman–Crippen MR) is 40.7 cm³/mol. The van der Waals surface area contributed by atoms with Crippen LogP contribution in [0.25, 0.3) is 0 Å². The van der Waals surface area contributed by atoms with E-state index in [0.717, 1.165) is 0 Å². The van der Waals surface area contributed by atoms with E-state index in [2.05, 4.69) is 4.98 Å². The summed E-state index contributed by atoms with van der Waals surface area (Å²) in [5.41, 5.74) is 1.21. The average molecular weight is 229 g/mol. The standard InChI is InChI=1S/C6H7N.2ClH.Zn/c1-6-3-2-4-7-5-6;;;/h2-5H,1H3;2*1H;/q;;;+2/p-2. The Balaban J connectivity index is 0.000000236. The van der Waals surface area contributed by atoms with Gasteiger partial charge in [-0.3, -0.25) is 4.98 Å². The van der Waals surface area contributed by atoms with Gasteiger partial charge in [-0.1, -0.05) is 6.07 Å². The molecule has 0 atom stereocenters. The first-order chi connectivity index (χ1) is 4.81. The van der Waals surface area contributed by atoms with Crippen LogP contribution in [0.5, 0.6) is 0 Å². The zero-order chi connectivity index (χ0) is 7.82. The summed E-state index contributed by atoms with van der Waals surface area (Å²) in [4.78, 5) is 3.88. The number of aryl methyl sites for hydroxylation is 1. The van der Waals surface area contributed by atoms with Crippen molar-refractivity contribution in [2.24, 2.45) is 0 Å². The zero-order valence-electron chi connectivity index (χ0n) is 5.72. The molecule has 1 heterocycles. The molecule has 1 aromatic heterocycles. The van der Waals surface area contributed by atoms with E-state index in [9.17, 15) is 0 Å². The minimum absolute atomic E-state index is 0.931. The van der Waals surface area contributed by atoms with Gasteiger partial charge in [0.05, 0.1) is 0 Å². The van der Waals surface area contributed by atoms with Gasteiger partial charge < -0.3 is 0 Å². The third-order valence-electron chi connectivity index (χ3n) is 0.809. The first kappa shape index (κ1) is 10.4. The van der Waals surface area contributed by atoms with Crippen LogP contribution in [0.4, 0.5) is 0 Å². The van der Waals surface area contributed by atoms with Gasteiger partial charge in [0.15, 0.2) is 0 Å².